The van der Waals surface area contributed by atoms with Crippen LogP contribution in [0, 0.1) is 5.92 Å². The van der Waals surface area contributed by atoms with Gasteiger partial charge >= 0.3 is 0 Å². The largest absolute Gasteiger partial charge is 0.358 e. The highest BCUT2D eigenvalue weighted by Gasteiger charge is 2.22. The molecule has 1 heterocycles. The summed E-state index contributed by atoms with van der Waals surface area (Å²) in [5.41, 5.74) is 0. The first-order valence-electron chi connectivity index (χ1n) is 7.71. The van der Waals surface area contributed by atoms with Gasteiger partial charge in [0, 0.05) is 26.7 Å². The first-order chi connectivity index (χ1) is 10.6. The minimum absolute atomic E-state index is 0.0515. The molecule has 0 unspecified atom stereocenters. The fourth-order valence-electron chi connectivity index (χ4n) is 2.86. The maximum Gasteiger partial charge on any atom is 0.233 e. The van der Waals surface area contributed by atoms with Crippen LogP contribution in [0.3, 0.4) is 0 Å². The molecular formula is C15H24BrN5O. The van der Waals surface area contributed by atoms with E-state index in [0.717, 1.165) is 29.8 Å². The van der Waals surface area contributed by atoms with Gasteiger partial charge in [-0.3, -0.25) is 4.79 Å². The molecule has 0 spiro atoms. The van der Waals surface area contributed by atoms with Gasteiger partial charge in [0.2, 0.25) is 5.91 Å². The molecule has 1 saturated carbocycles. The molecule has 7 heteroatoms. The third-order valence-corrected chi connectivity index (χ3v) is 4.62. The van der Waals surface area contributed by atoms with Gasteiger partial charge in [0.05, 0.1) is 18.9 Å². The SMILES string of the molecule is CNC(=O)CN[C@H]1CC[C@H](CN(C)c2cnc(Br)cn2)CC1. The van der Waals surface area contributed by atoms with Crippen molar-refractivity contribution in [3.63, 3.8) is 0 Å². The highest BCUT2D eigenvalue weighted by molar-refractivity contribution is 9.10. The lowest BCUT2D eigenvalue weighted by Crippen LogP contribution is -2.41. The van der Waals surface area contributed by atoms with Crippen LogP contribution < -0.4 is 15.5 Å². The molecule has 2 rings (SSSR count). The molecule has 1 fully saturated rings. The van der Waals surface area contributed by atoms with Gasteiger partial charge in [-0.2, -0.15) is 0 Å². The van der Waals surface area contributed by atoms with Gasteiger partial charge in [-0.1, -0.05) is 0 Å². The van der Waals surface area contributed by atoms with Crippen LogP contribution in [0.2, 0.25) is 0 Å². The van der Waals surface area contributed by atoms with Crippen molar-refractivity contribution in [1.82, 2.24) is 20.6 Å². The van der Waals surface area contributed by atoms with Gasteiger partial charge in [0.25, 0.3) is 0 Å². The van der Waals surface area contributed by atoms with E-state index in [1.165, 1.54) is 12.8 Å². The number of anilines is 1. The second-order valence-electron chi connectivity index (χ2n) is 5.85. The second kappa shape index (κ2) is 8.43. The van der Waals surface area contributed by atoms with E-state index < -0.39 is 0 Å². The van der Waals surface area contributed by atoms with Gasteiger partial charge in [0.15, 0.2) is 0 Å². The van der Waals surface area contributed by atoms with Gasteiger partial charge < -0.3 is 15.5 Å². The Morgan fingerprint density at radius 3 is 2.64 bits per heavy atom. The summed E-state index contributed by atoms with van der Waals surface area (Å²) in [7, 11) is 3.73. The first-order valence-corrected chi connectivity index (χ1v) is 8.50. The zero-order chi connectivity index (χ0) is 15.9. The number of hydrogen-bond acceptors (Lipinski definition) is 5. The van der Waals surface area contributed by atoms with Crippen LogP contribution in [0.25, 0.3) is 0 Å². The van der Waals surface area contributed by atoms with Crippen LogP contribution in [0.15, 0.2) is 17.0 Å². The monoisotopic (exact) mass is 369 g/mol. The zero-order valence-electron chi connectivity index (χ0n) is 13.2. The van der Waals surface area contributed by atoms with Crippen molar-refractivity contribution in [3.05, 3.63) is 17.0 Å². The summed E-state index contributed by atoms with van der Waals surface area (Å²) in [4.78, 5) is 22.0. The van der Waals surface area contributed by atoms with Crippen molar-refractivity contribution >= 4 is 27.7 Å². The Bertz CT molecular complexity index is 473. The number of rotatable bonds is 6. The molecule has 2 N–H and O–H groups in total. The van der Waals surface area contributed by atoms with Crippen molar-refractivity contribution in [3.8, 4) is 0 Å². The summed E-state index contributed by atoms with van der Waals surface area (Å²) in [5, 5.41) is 5.97. The molecule has 1 aliphatic rings. The summed E-state index contributed by atoms with van der Waals surface area (Å²) < 4.78 is 0.757. The van der Waals surface area contributed by atoms with Crippen LogP contribution in [0.1, 0.15) is 25.7 Å². The lowest BCUT2D eigenvalue weighted by molar-refractivity contribution is -0.119. The number of likely N-dealkylation sites (N-methyl/N-ethyl adjacent to an activating group) is 1. The normalized spacial score (nSPS) is 21.4. The quantitative estimate of drug-likeness (QED) is 0.796. The third kappa shape index (κ3) is 5.21. The summed E-state index contributed by atoms with van der Waals surface area (Å²) in [6.45, 7) is 1.42. The van der Waals surface area contributed by atoms with Crippen molar-refractivity contribution in [2.24, 2.45) is 5.92 Å². The van der Waals surface area contributed by atoms with E-state index >= 15 is 0 Å². The van der Waals surface area contributed by atoms with Crippen LogP contribution in [0.4, 0.5) is 5.82 Å². The molecule has 0 radical (unpaired) electrons. The minimum atomic E-state index is 0.0515. The van der Waals surface area contributed by atoms with E-state index in [4.69, 9.17) is 0 Å². The Morgan fingerprint density at radius 1 is 1.32 bits per heavy atom. The molecule has 1 aliphatic carbocycles. The number of halogens is 1. The Morgan fingerprint density at radius 2 is 2.05 bits per heavy atom. The fraction of sp³-hybridized carbons (Fsp3) is 0.667. The Hall–Kier alpha value is -1.21. The molecule has 0 aliphatic heterocycles. The summed E-state index contributed by atoms with van der Waals surface area (Å²) in [6, 6.07) is 0.464. The predicted octanol–water partition coefficient (Wildman–Crippen LogP) is 1.57. The minimum Gasteiger partial charge on any atom is -0.358 e. The molecule has 22 heavy (non-hydrogen) atoms. The average Bonchev–Trinajstić information content (AvgIpc) is 2.54. The van der Waals surface area contributed by atoms with Crippen LogP contribution in [-0.4, -0.2) is 49.1 Å². The summed E-state index contributed by atoms with van der Waals surface area (Å²) >= 11 is 3.30. The Balaban J connectivity index is 1.72. The van der Waals surface area contributed by atoms with E-state index in [2.05, 4.69) is 48.5 Å². The molecule has 1 aromatic heterocycles. The number of carbonyl (C=O) groups is 1. The maximum atomic E-state index is 11.2. The smallest absolute Gasteiger partial charge is 0.233 e. The van der Waals surface area contributed by atoms with Gasteiger partial charge in [0.1, 0.15) is 10.4 Å². The van der Waals surface area contributed by atoms with E-state index in [1.54, 1.807) is 19.4 Å². The highest BCUT2D eigenvalue weighted by Crippen LogP contribution is 2.26. The van der Waals surface area contributed by atoms with Crippen LogP contribution in [0.5, 0.6) is 0 Å². The molecule has 0 saturated heterocycles. The van der Waals surface area contributed by atoms with Crippen LogP contribution >= 0.6 is 15.9 Å². The number of nitrogens with one attached hydrogen (secondary N) is 2. The average molecular weight is 370 g/mol. The Labute approximate surface area is 140 Å². The molecule has 122 valence electrons. The van der Waals surface area contributed by atoms with E-state index in [-0.39, 0.29) is 5.91 Å². The third-order valence-electron chi connectivity index (χ3n) is 4.21. The van der Waals surface area contributed by atoms with Crippen molar-refractivity contribution in [2.45, 2.75) is 31.7 Å². The molecule has 0 bridgehead atoms. The zero-order valence-corrected chi connectivity index (χ0v) is 14.8. The molecule has 6 nitrogen and oxygen atoms in total. The van der Waals surface area contributed by atoms with E-state index in [9.17, 15) is 4.79 Å². The van der Waals surface area contributed by atoms with Gasteiger partial charge in [-0.05, 0) is 47.5 Å². The van der Waals surface area contributed by atoms with E-state index in [1.807, 2.05) is 0 Å². The maximum absolute atomic E-state index is 11.2. The Kier molecular flexibility index (Phi) is 6.57. The number of hydrogen-bond donors (Lipinski definition) is 2. The summed E-state index contributed by atoms with van der Waals surface area (Å²) in [5.74, 6) is 1.63. The molecule has 1 aromatic rings. The number of amides is 1. The second-order valence-corrected chi connectivity index (χ2v) is 6.66. The van der Waals surface area contributed by atoms with Crippen molar-refractivity contribution in [2.75, 3.05) is 32.1 Å². The summed E-state index contributed by atoms with van der Waals surface area (Å²) in [6.07, 6.45) is 8.13. The van der Waals surface area contributed by atoms with E-state index in [0.29, 0.717) is 18.5 Å². The molecule has 1 amide bonds. The lowest BCUT2D eigenvalue weighted by Gasteiger charge is -2.32. The topological polar surface area (TPSA) is 70.2 Å². The standard InChI is InChI=1S/C15H24BrN5O/c1-17-15(22)9-18-12-5-3-11(4-6-12)10-21(2)14-8-19-13(16)7-20-14/h7-8,11-12,18H,3-6,9-10H2,1-2H3,(H,17,22)/t11-,12-. The van der Waals surface area contributed by atoms with Gasteiger partial charge in [-0.25, -0.2) is 9.97 Å². The molecule has 0 atom stereocenters. The number of aromatic nitrogens is 2. The number of nitrogens with zero attached hydrogens (tertiary/aromatic N) is 3. The van der Waals surface area contributed by atoms with Crippen LogP contribution in [-0.2, 0) is 4.79 Å². The fourth-order valence-corrected chi connectivity index (χ4v) is 3.06. The molecule has 0 aromatic carbocycles. The van der Waals surface area contributed by atoms with Crippen molar-refractivity contribution < 1.29 is 4.79 Å². The highest BCUT2D eigenvalue weighted by atomic mass is 79.9. The number of carbonyl (C=O) groups excluding carboxylic acids is 1. The van der Waals surface area contributed by atoms with Crippen molar-refractivity contribution in [1.29, 1.82) is 0 Å². The predicted molar refractivity (Wildman–Crippen MR) is 90.8 cm³/mol. The lowest BCUT2D eigenvalue weighted by atomic mass is 9.85. The molecular weight excluding hydrogens is 346 g/mol. The first kappa shape index (κ1) is 17.1. The van der Waals surface area contributed by atoms with Gasteiger partial charge in [-0.15, -0.1) is 0 Å².